The molecule has 4 nitrogen and oxygen atoms in total. The van der Waals surface area contributed by atoms with Crippen molar-refractivity contribution >= 4 is 21.4 Å². The van der Waals surface area contributed by atoms with E-state index in [1.165, 1.54) is 0 Å². The smallest absolute Gasteiger partial charge is 0.241 e. The third-order valence-corrected chi connectivity index (χ3v) is 5.78. The fraction of sp³-hybridized carbons (Fsp3) is 0.286. The quantitative estimate of drug-likeness (QED) is 0.890. The van der Waals surface area contributed by atoms with Crippen molar-refractivity contribution in [2.75, 3.05) is 0 Å². The Balaban J connectivity index is 2.25. The van der Waals surface area contributed by atoms with Crippen LogP contribution in [0.5, 0.6) is 0 Å². The van der Waals surface area contributed by atoms with E-state index in [1.54, 1.807) is 30.4 Å². The van der Waals surface area contributed by atoms with E-state index in [-0.39, 0.29) is 0 Å². The van der Waals surface area contributed by atoms with Gasteiger partial charge in [-0.1, -0.05) is 12.1 Å². The highest BCUT2D eigenvalue weighted by molar-refractivity contribution is 7.89. The van der Waals surface area contributed by atoms with E-state index in [2.05, 4.69) is 4.72 Å². The Morgan fingerprint density at radius 3 is 2.55 bits per heavy atom. The topological polar surface area (TPSA) is 72.2 Å². The Morgan fingerprint density at radius 2 is 1.95 bits per heavy atom. The van der Waals surface area contributed by atoms with Crippen LogP contribution in [0.25, 0.3) is 0 Å². The molecule has 1 aromatic heterocycles. The summed E-state index contributed by atoms with van der Waals surface area (Å²) in [7, 11) is -3.52. The molecule has 2 rings (SSSR count). The summed E-state index contributed by atoms with van der Waals surface area (Å²) in [4.78, 5) is 0.299. The lowest BCUT2D eigenvalue weighted by molar-refractivity contribution is 0.580. The van der Waals surface area contributed by atoms with E-state index in [4.69, 9.17) is 5.73 Å². The first-order chi connectivity index (χ1) is 9.45. The molecule has 6 heteroatoms. The average molecular weight is 310 g/mol. The van der Waals surface area contributed by atoms with Gasteiger partial charge in [0.15, 0.2) is 0 Å². The van der Waals surface area contributed by atoms with E-state index in [9.17, 15) is 8.42 Å². The van der Waals surface area contributed by atoms with Crippen LogP contribution >= 0.6 is 11.3 Å². The monoisotopic (exact) mass is 310 g/mol. The Kier molecular flexibility index (Phi) is 4.59. The van der Waals surface area contributed by atoms with Crippen LogP contribution in [0, 0.1) is 13.8 Å². The number of rotatable bonds is 5. The Morgan fingerprint density at radius 1 is 1.20 bits per heavy atom. The summed E-state index contributed by atoms with van der Waals surface area (Å²) in [5.41, 5.74) is 9.29. The van der Waals surface area contributed by atoms with Crippen molar-refractivity contribution in [1.82, 2.24) is 4.72 Å². The second-order valence-corrected chi connectivity index (χ2v) is 7.13. The minimum Gasteiger partial charge on any atom is -0.326 e. The maximum Gasteiger partial charge on any atom is 0.241 e. The molecule has 0 unspecified atom stereocenters. The second-order valence-electron chi connectivity index (χ2n) is 4.65. The van der Waals surface area contributed by atoms with Gasteiger partial charge in [-0.3, -0.25) is 0 Å². The van der Waals surface area contributed by atoms with Gasteiger partial charge < -0.3 is 5.73 Å². The van der Waals surface area contributed by atoms with Crippen LogP contribution in [0.1, 0.15) is 22.3 Å². The number of thiophene rings is 1. The summed E-state index contributed by atoms with van der Waals surface area (Å²) in [6, 6.07) is 5.17. The third kappa shape index (κ3) is 3.09. The Labute approximate surface area is 123 Å². The predicted molar refractivity (Wildman–Crippen MR) is 82.2 cm³/mol. The molecule has 0 radical (unpaired) electrons. The van der Waals surface area contributed by atoms with Crippen LogP contribution in [0.4, 0.5) is 0 Å². The zero-order valence-electron chi connectivity index (χ0n) is 11.5. The largest absolute Gasteiger partial charge is 0.326 e. The van der Waals surface area contributed by atoms with Gasteiger partial charge in [0.05, 0.1) is 4.90 Å². The number of hydrogen-bond acceptors (Lipinski definition) is 4. The molecule has 0 fully saturated rings. The van der Waals surface area contributed by atoms with Gasteiger partial charge in [-0.25, -0.2) is 13.1 Å². The van der Waals surface area contributed by atoms with E-state index in [0.717, 1.165) is 16.7 Å². The van der Waals surface area contributed by atoms with Gasteiger partial charge in [-0.05, 0) is 52.9 Å². The van der Waals surface area contributed by atoms with Crippen LogP contribution < -0.4 is 10.5 Å². The van der Waals surface area contributed by atoms with E-state index in [0.29, 0.717) is 23.5 Å². The molecule has 0 aliphatic carbocycles. The maximum absolute atomic E-state index is 12.4. The molecule has 0 saturated heterocycles. The molecule has 0 atom stereocenters. The van der Waals surface area contributed by atoms with Crippen molar-refractivity contribution in [2.24, 2.45) is 5.73 Å². The normalized spacial score (nSPS) is 11.8. The Hall–Kier alpha value is -1.21. The SMILES string of the molecule is Cc1cscc1CNS(=O)(=O)c1cccc(CN)c1C. The fourth-order valence-electron chi connectivity index (χ4n) is 1.99. The van der Waals surface area contributed by atoms with Crippen LogP contribution in [-0.4, -0.2) is 8.42 Å². The van der Waals surface area contributed by atoms with Crippen molar-refractivity contribution < 1.29 is 8.42 Å². The van der Waals surface area contributed by atoms with Crippen molar-refractivity contribution in [3.05, 3.63) is 51.2 Å². The van der Waals surface area contributed by atoms with Gasteiger partial charge in [0.25, 0.3) is 0 Å². The number of aryl methyl sites for hydroxylation is 1. The van der Waals surface area contributed by atoms with Crippen molar-refractivity contribution in [1.29, 1.82) is 0 Å². The molecule has 1 aromatic carbocycles. The van der Waals surface area contributed by atoms with Crippen LogP contribution in [0.2, 0.25) is 0 Å². The minimum atomic E-state index is -3.52. The second kappa shape index (κ2) is 6.05. The molecule has 0 aliphatic heterocycles. The molecule has 1 heterocycles. The molecular formula is C14H18N2O2S2. The van der Waals surface area contributed by atoms with Crippen molar-refractivity contribution in [3.8, 4) is 0 Å². The van der Waals surface area contributed by atoms with Gasteiger partial charge in [-0.15, -0.1) is 0 Å². The number of nitrogens with two attached hydrogens (primary N) is 1. The summed E-state index contributed by atoms with van der Waals surface area (Å²) in [5.74, 6) is 0. The lowest BCUT2D eigenvalue weighted by Crippen LogP contribution is -2.24. The summed E-state index contributed by atoms with van der Waals surface area (Å²) in [6.07, 6.45) is 0. The molecule has 2 aromatic rings. The molecule has 0 amide bonds. The predicted octanol–water partition coefficient (Wildman–Crippen LogP) is 2.30. The lowest BCUT2D eigenvalue weighted by Gasteiger charge is -2.12. The van der Waals surface area contributed by atoms with Gasteiger partial charge in [-0.2, -0.15) is 11.3 Å². The first-order valence-electron chi connectivity index (χ1n) is 6.25. The van der Waals surface area contributed by atoms with E-state index < -0.39 is 10.0 Å². The number of hydrogen-bond donors (Lipinski definition) is 2. The zero-order valence-corrected chi connectivity index (χ0v) is 13.1. The molecular weight excluding hydrogens is 292 g/mol. The standard InChI is InChI=1S/C14H18N2O2S2/c1-10-8-19-9-13(10)7-16-20(17,18)14-5-3-4-12(6-15)11(14)2/h3-5,8-9,16H,6-7,15H2,1-2H3. The average Bonchev–Trinajstić information content (AvgIpc) is 2.82. The van der Waals surface area contributed by atoms with Gasteiger partial charge in [0.2, 0.25) is 10.0 Å². The first kappa shape index (κ1) is 15.2. The highest BCUT2D eigenvalue weighted by Crippen LogP contribution is 2.20. The highest BCUT2D eigenvalue weighted by Gasteiger charge is 2.18. The first-order valence-corrected chi connectivity index (χ1v) is 8.68. The van der Waals surface area contributed by atoms with Crippen LogP contribution in [0.3, 0.4) is 0 Å². The fourth-order valence-corrected chi connectivity index (χ4v) is 4.14. The number of nitrogens with one attached hydrogen (secondary N) is 1. The van der Waals surface area contributed by atoms with Crippen LogP contribution in [0.15, 0.2) is 33.9 Å². The number of sulfonamides is 1. The molecule has 0 aliphatic rings. The molecule has 3 N–H and O–H groups in total. The van der Waals surface area contributed by atoms with Gasteiger partial charge >= 0.3 is 0 Å². The van der Waals surface area contributed by atoms with Crippen molar-refractivity contribution in [3.63, 3.8) is 0 Å². The van der Waals surface area contributed by atoms with E-state index >= 15 is 0 Å². The minimum absolute atomic E-state index is 0.299. The summed E-state index contributed by atoms with van der Waals surface area (Å²) in [6.45, 7) is 4.40. The summed E-state index contributed by atoms with van der Waals surface area (Å²) in [5, 5.41) is 3.96. The van der Waals surface area contributed by atoms with Gasteiger partial charge in [0.1, 0.15) is 0 Å². The summed E-state index contributed by atoms with van der Waals surface area (Å²) >= 11 is 1.57. The van der Waals surface area contributed by atoms with Gasteiger partial charge in [0, 0.05) is 13.1 Å². The molecule has 20 heavy (non-hydrogen) atoms. The summed E-state index contributed by atoms with van der Waals surface area (Å²) < 4.78 is 27.4. The maximum atomic E-state index is 12.4. The molecule has 108 valence electrons. The highest BCUT2D eigenvalue weighted by atomic mass is 32.2. The lowest BCUT2D eigenvalue weighted by atomic mass is 10.1. The zero-order chi connectivity index (χ0) is 14.8. The molecule has 0 spiro atoms. The Bertz CT molecular complexity index is 706. The number of benzene rings is 1. The van der Waals surface area contributed by atoms with E-state index in [1.807, 2.05) is 23.8 Å². The van der Waals surface area contributed by atoms with Crippen LogP contribution in [-0.2, 0) is 23.1 Å². The van der Waals surface area contributed by atoms with Crippen molar-refractivity contribution in [2.45, 2.75) is 31.8 Å². The third-order valence-electron chi connectivity index (χ3n) is 3.32. The molecule has 0 bridgehead atoms. The molecule has 0 saturated carbocycles.